The summed E-state index contributed by atoms with van der Waals surface area (Å²) in [6, 6.07) is 9.26. The van der Waals surface area contributed by atoms with Crippen LogP contribution in [-0.2, 0) is 11.2 Å². The van der Waals surface area contributed by atoms with Gasteiger partial charge in [0.1, 0.15) is 0 Å². The van der Waals surface area contributed by atoms with Crippen LogP contribution < -0.4 is 16.4 Å². The lowest BCUT2D eigenvalue weighted by Crippen LogP contribution is -2.19. The molecule has 4 nitrogen and oxygen atoms in total. The molecule has 3 rings (SSSR count). The summed E-state index contributed by atoms with van der Waals surface area (Å²) < 4.78 is 0.900. The molecule has 0 saturated heterocycles. The molecule has 1 amide bonds. The molecule has 1 aliphatic rings. The maximum Gasteiger partial charge on any atom is 0.224 e. The molecule has 0 saturated carbocycles. The molecule has 0 spiro atoms. The second kappa shape index (κ2) is 5.58. The van der Waals surface area contributed by atoms with Crippen LogP contribution in [0.2, 0.25) is 5.02 Å². The van der Waals surface area contributed by atoms with Gasteiger partial charge in [-0.1, -0.05) is 11.6 Å². The van der Waals surface area contributed by atoms with E-state index in [-0.39, 0.29) is 5.91 Å². The highest BCUT2D eigenvalue weighted by Crippen LogP contribution is 2.35. The Kier molecular flexibility index (Phi) is 3.78. The van der Waals surface area contributed by atoms with Crippen molar-refractivity contribution in [1.82, 2.24) is 0 Å². The van der Waals surface area contributed by atoms with Crippen molar-refractivity contribution >= 4 is 56.2 Å². The van der Waals surface area contributed by atoms with Gasteiger partial charge >= 0.3 is 0 Å². The summed E-state index contributed by atoms with van der Waals surface area (Å²) in [7, 11) is 0. The van der Waals surface area contributed by atoms with E-state index < -0.39 is 0 Å². The van der Waals surface area contributed by atoms with E-state index in [1.807, 2.05) is 24.3 Å². The summed E-state index contributed by atoms with van der Waals surface area (Å²) in [5.41, 5.74) is 10.1. The van der Waals surface area contributed by atoms with Gasteiger partial charge in [-0.3, -0.25) is 4.79 Å². The SMILES string of the molecule is Nc1cc2c(cc1Nc1cc(Cl)ccc1Br)CCC(=O)N2. The standard InChI is InChI=1S/C15H13BrClN3O/c16-10-3-2-9(17)6-13(10)19-14-5-8-1-4-15(21)20-12(8)7-11(14)18/h2-3,5-7,19H,1,4,18H2,(H,20,21). The molecule has 4 N–H and O–H groups in total. The summed E-state index contributed by atoms with van der Waals surface area (Å²) in [5, 5.41) is 6.75. The van der Waals surface area contributed by atoms with Crippen LogP contribution in [0, 0.1) is 0 Å². The Morgan fingerprint density at radius 3 is 2.81 bits per heavy atom. The van der Waals surface area contributed by atoms with Crippen LogP contribution in [0.15, 0.2) is 34.8 Å². The third-order valence-electron chi connectivity index (χ3n) is 3.37. The Hall–Kier alpha value is -1.72. The van der Waals surface area contributed by atoms with E-state index in [0.29, 0.717) is 23.6 Å². The van der Waals surface area contributed by atoms with Crippen LogP contribution in [0.3, 0.4) is 0 Å². The number of amides is 1. The Morgan fingerprint density at radius 2 is 2.00 bits per heavy atom. The molecule has 0 aliphatic carbocycles. The van der Waals surface area contributed by atoms with Crippen LogP contribution in [0.1, 0.15) is 12.0 Å². The minimum absolute atomic E-state index is 0.0280. The largest absolute Gasteiger partial charge is 0.397 e. The van der Waals surface area contributed by atoms with Gasteiger partial charge in [0.05, 0.1) is 17.1 Å². The second-order valence-corrected chi connectivity index (χ2v) is 6.18. The molecule has 108 valence electrons. The molecule has 0 atom stereocenters. The van der Waals surface area contributed by atoms with Crippen molar-refractivity contribution in [2.24, 2.45) is 0 Å². The molecule has 1 aliphatic heterocycles. The third-order valence-corrected chi connectivity index (χ3v) is 4.30. The number of carbonyl (C=O) groups excluding carboxylic acids is 1. The van der Waals surface area contributed by atoms with Gasteiger partial charge in [0.25, 0.3) is 0 Å². The van der Waals surface area contributed by atoms with Crippen molar-refractivity contribution in [3.05, 3.63) is 45.4 Å². The molecule has 2 aromatic carbocycles. The second-order valence-electron chi connectivity index (χ2n) is 4.89. The summed E-state index contributed by atoms with van der Waals surface area (Å²) >= 11 is 9.49. The molecule has 0 aromatic heterocycles. The zero-order valence-electron chi connectivity index (χ0n) is 11.0. The minimum atomic E-state index is 0.0280. The lowest BCUT2D eigenvalue weighted by atomic mass is 10.0. The average Bonchev–Trinajstić information content (AvgIpc) is 2.44. The van der Waals surface area contributed by atoms with E-state index in [1.54, 1.807) is 6.07 Å². The van der Waals surface area contributed by atoms with Crippen molar-refractivity contribution in [2.75, 3.05) is 16.4 Å². The molecular weight excluding hydrogens is 354 g/mol. The Balaban J connectivity index is 1.96. The fourth-order valence-electron chi connectivity index (χ4n) is 2.29. The summed E-state index contributed by atoms with van der Waals surface area (Å²) in [6.07, 6.45) is 1.21. The Bertz CT molecular complexity index is 733. The first-order valence-corrected chi connectivity index (χ1v) is 7.64. The van der Waals surface area contributed by atoms with Gasteiger partial charge in [-0.15, -0.1) is 0 Å². The van der Waals surface area contributed by atoms with Gasteiger partial charge in [-0.25, -0.2) is 0 Å². The van der Waals surface area contributed by atoms with E-state index in [1.165, 1.54) is 0 Å². The molecule has 0 fully saturated rings. The van der Waals surface area contributed by atoms with Gasteiger partial charge in [0.2, 0.25) is 5.91 Å². The fourth-order valence-corrected chi connectivity index (χ4v) is 2.81. The maximum absolute atomic E-state index is 11.4. The molecule has 0 bridgehead atoms. The number of carbonyl (C=O) groups is 1. The topological polar surface area (TPSA) is 67.1 Å². The molecule has 2 aromatic rings. The highest BCUT2D eigenvalue weighted by Gasteiger charge is 2.17. The number of aryl methyl sites for hydroxylation is 1. The highest BCUT2D eigenvalue weighted by molar-refractivity contribution is 9.10. The molecule has 21 heavy (non-hydrogen) atoms. The number of rotatable bonds is 2. The van der Waals surface area contributed by atoms with E-state index in [4.69, 9.17) is 17.3 Å². The van der Waals surface area contributed by atoms with E-state index >= 15 is 0 Å². The van der Waals surface area contributed by atoms with Crippen LogP contribution in [0.5, 0.6) is 0 Å². The van der Waals surface area contributed by atoms with Gasteiger partial charge in [0.15, 0.2) is 0 Å². The summed E-state index contributed by atoms with van der Waals surface area (Å²) in [6.45, 7) is 0. The number of anilines is 4. The number of fused-ring (bicyclic) bond motifs is 1. The van der Waals surface area contributed by atoms with Gasteiger partial charge in [-0.05, 0) is 58.2 Å². The third kappa shape index (κ3) is 2.99. The first-order chi connectivity index (χ1) is 10.0. The van der Waals surface area contributed by atoms with Crippen LogP contribution in [0.25, 0.3) is 0 Å². The number of nitrogen functional groups attached to an aromatic ring is 1. The summed E-state index contributed by atoms with van der Waals surface area (Å²) in [4.78, 5) is 11.4. The van der Waals surface area contributed by atoms with Crippen molar-refractivity contribution in [3.8, 4) is 0 Å². The van der Waals surface area contributed by atoms with Crippen molar-refractivity contribution in [3.63, 3.8) is 0 Å². The molecule has 0 radical (unpaired) electrons. The number of hydrogen-bond acceptors (Lipinski definition) is 3. The lowest BCUT2D eigenvalue weighted by molar-refractivity contribution is -0.116. The molecule has 0 unspecified atom stereocenters. The molecular formula is C15H13BrClN3O. The monoisotopic (exact) mass is 365 g/mol. The quantitative estimate of drug-likeness (QED) is 0.694. The maximum atomic E-state index is 11.4. The first-order valence-electron chi connectivity index (χ1n) is 6.47. The minimum Gasteiger partial charge on any atom is -0.397 e. The van der Waals surface area contributed by atoms with Crippen LogP contribution in [-0.4, -0.2) is 5.91 Å². The van der Waals surface area contributed by atoms with Gasteiger partial charge in [-0.2, -0.15) is 0 Å². The molecule has 6 heteroatoms. The number of nitrogens with two attached hydrogens (primary N) is 1. The predicted molar refractivity (Wildman–Crippen MR) is 90.2 cm³/mol. The zero-order valence-corrected chi connectivity index (χ0v) is 13.4. The van der Waals surface area contributed by atoms with Crippen molar-refractivity contribution < 1.29 is 4.79 Å². The average molecular weight is 367 g/mol. The highest BCUT2D eigenvalue weighted by atomic mass is 79.9. The first kappa shape index (κ1) is 14.2. The summed E-state index contributed by atoms with van der Waals surface area (Å²) in [5.74, 6) is 0.0280. The van der Waals surface area contributed by atoms with Crippen molar-refractivity contribution in [2.45, 2.75) is 12.8 Å². The Morgan fingerprint density at radius 1 is 1.19 bits per heavy atom. The predicted octanol–water partition coefficient (Wildman–Crippen LogP) is 4.31. The fraction of sp³-hybridized carbons (Fsp3) is 0.133. The van der Waals surface area contributed by atoms with E-state index in [2.05, 4.69) is 26.6 Å². The van der Waals surface area contributed by atoms with Gasteiger partial charge < -0.3 is 16.4 Å². The van der Waals surface area contributed by atoms with E-state index in [0.717, 1.165) is 27.1 Å². The smallest absolute Gasteiger partial charge is 0.224 e. The Labute approximate surface area is 135 Å². The zero-order chi connectivity index (χ0) is 15.0. The normalized spacial score (nSPS) is 13.5. The number of halogens is 2. The number of hydrogen-bond donors (Lipinski definition) is 3. The number of nitrogens with one attached hydrogen (secondary N) is 2. The van der Waals surface area contributed by atoms with Crippen molar-refractivity contribution in [1.29, 1.82) is 0 Å². The van der Waals surface area contributed by atoms with Gasteiger partial charge in [0, 0.05) is 21.6 Å². The van der Waals surface area contributed by atoms with E-state index in [9.17, 15) is 4.79 Å². The molecule has 1 heterocycles. The number of benzene rings is 2. The lowest BCUT2D eigenvalue weighted by Gasteiger charge is -2.20. The van der Waals surface area contributed by atoms with Crippen LogP contribution >= 0.6 is 27.5 Å². The van der Waals surface area contributed by atoms with Crippen LogP contribution in [0.4, 0.5) is 22.7 Å².